The van der Waals surface area contributed by atoms with Gasteiger partial charge in [0.2, 0.25) is 0 Å². The van der Waals surface area contributed by atoms with E-state index in [0.29, 0.717) is 11.2 Å². The summed E-state index contributed by atoms with van der Waals surface area (Å²) >= 11 is 7.37. The van der Waals surface area contributed by atoms with Gasteiger partial charge in [-0.1, -0.05) is 31.4 Å². The number of hydrogen-bond donors (Lipinski definition) is 1. The Hall–Kier alpha value is -0.280. The van der Waals surface area contributed by atoms with Gasteiger partial charge in [-0.15, -0.1) is 11.3 Å². The van der Waals surface area contributed by atoms with Crippen LogP contribution in [0.25, 0.3) is 0 Å². The normalized spacial score (nSPS) is 26.7. The molecule has 0 spiro atoms. The molecule has 0 aromatic carbocycles. The second-order valence-electron chi connectivity index (χ2n) is 3.83. The molecule has 1 fully saturated rings. The van der Waals surface area contributed by atoms with E-state index in [-0.39, 0.29) is 0 Å². The van der Waals surface area contributed by atoms with E-state index in [4.69, 9.17) is 11.6 Å². The Balaban J connectivity index is 1.96. The number of rotatable bonds is 3. The molecule has 14 heavy (non-hydrogen) atoms. The van der Waals surface area contributed by atoms with Gasteiger partial charge >= 0.3 is 0 Å². The quantitative estimate of drug-likeness (QED) is 0.855. The number of aromatic nitrogens is 1. The maximum atomic E-state index is 5.78. The second kappa shape index (κ2) is 4.49. The molecule has 4 heteroatoms. The van der Waals surface area contributed by atoms with E-state index < -0.39 is 0 Å². The molecular weight excluding hydrogens is 216 g/mol. The van der Waals surface area contributed by atoms with E-state index in [2.05, 4.69) is 17.2 Å². The molecule has 2 unspecified atom stereocenters. The van der Waals surface area contributed by atoms with Crippen LogP contribution in [0.2, 0.25) is 5.15 Å². The van der Waals surface area contributed by atoms with Gasteiger partial charge < -0.3 is 5.32 Å². The molecule has 0 amide bonds. The summed E-state index contributed by atoms with van der Waals surface area (Å²) in [4.78, 5) is 4.22. The Morgan fingerprint density at radius 2 is 2.50 bits per heavy atom. The molecule has 78 valence electrons. The standard InChI is InChI=1S/C10H15ClN2S/c1-2-7-4-3-5-8(7)12-10-13-9(11)6-14-10/h6-8H,2-5H2,1H3,(H,12,13). The highest BCUT2D eigenvalue weighted by atomic mass is 35.5. The molecule has 2 atom stereocenters. The first kappa shape index (κ1) is 10.2. The third-order valence-corrected chi connectivity index (χ3v) is 4.07. The fraction of sp³-hybridized carbons (Fsp3) is 0.700. The van der Waals surface area contributed by atoms with E-state index in [0.717, 1.165) is 11.0 Å². The molecule has 1 aliphatic rings. The summed E-state index contributed by atoms with van der Waals surface area (Å²) in [6, 6.07) is 0.613. The summed E-state index contributed by atoms with van der Waals surface area (Å²) < 4.78 is 0. The van der Waals surface area contributed by atoms with Crippen LogP contribution in [0.15, 0.2) is 5.38 Å². The number of nitrogens with one attached hydrogen (secondary N) is 1. The predicted molar refractivity (Wildman–Crippen MR) is 62.2 cm³/mol. The zero-order valence-electron chi connectivity index (χ0n) is 8.29. The summed E-state index contributed by atoms with van der Waals surface area (Å²) in [6.45, 7) is 2.26. The average molecular weight is 231 g/mol. The van der Waals surface area contributed by atoms with Crippen molar-refractivity contribution in [3.05, 3.63) is 10.5 Å². The Morgan fingerprint density at radius 3 is 3.14 bits per heavy atom. The largest absolute Gasteiger partial charge is 0.358 e. The molecule has 1 N–H and O–H groups in total. The van der Waals surface area contributed by atoms with Gasteiger partial charge in [0.15, 0.2) is 5.13 Å². The molecule has 1 aromatic rings. The van der Waals surface area contributed by atoms with Crippen LogP contribution in [-0.2, 0) is 0 Å². The Morgan fingerprint density at radius 1 is 1.64 bits per heavy atom. The molecule has 0 radical (unpaired) electrons. The van der Waals surface area contributed by atoms with Crippen molar-refractivity contribution in [1.82, 2.24) is 4.98 Å². The lowest BCUT2D eigenvalue weighted by Crippen LogP contribution is -2.23. The van der Waals surface area contributed by atoms with Crippen LogP contribution in [0.1, 0.15) is 32.6 Å². The fourth-order valence-corrected chi connectivity index (χ4v) is 3.09. The van der Waals surface area contributed by atoms with Crippen molar-refractivity contribution in [2.75, 3.05) is 5.32 Å². The zero-order valence-corrected chi connectivity index (χ0v) is 9.87. The van der Waals surface area contributed by atoms with Crippen LogP contribution in [0.4, 0.5) is 5.13 Å². The van der Waals surface area contributed by atoms with E-state index in [1.54, 1.807) is 11.3 Å². The fourth-order valence-electron chi connectivity index (χ4n) is 2.19. The molecular formula is C10H15ClN2S. The highest BCUT2D eigenvalue weighted by Gasteiger charge is 2.25. The van der Waals surface area contributed by atoms with Crippen LogP contribution >= 0.6 is 22.9 Å². The van der Waals surface area contributed by atoms with Crippen molar-refractivity contribution in [3.63, 3.8) is 0 Å². The van der Waals surface area contributed by atoms with E-state index >= 15 is 0 Å². The van der Waals surface area contributed by atoms with Crippen LogP contribution in [-0.4, -0.2) is 11.0 Å². The highest BCUT2D eigenvalue weighted by Crippen LogP contribution is 2.31. The number of thiazole rings is 1. The van der Waals surface area contributed by atoms with Gasteiger partial charge in [0, 0.05) is 11.4 Å². The molecule has 0 aliphatic heterocycles. The smallest absolute Gasteiger partial charge is 0.184 e. The van der Waals surface area contributed by atoms with Crippen LogP contribution in [0, 0.1) is 5.92 Å². The summed E-state index contributed by atoms with van der Waals surface area (Å²) in [5.74, 6) is 0.817. The maximum absolute atomic E-state index is 5.78. The van der Waals surface area contributed by atoms with Gasteiger partial charge in [0.25, 0.3) is 0 Å². The van der Waals surface area contributed by atoms with Gasteiger partial charge in [-0.3, -0.25) is 0 Å². The number of halogens is 1. The first-order valence-electron chi connectivity index (χ1n) is 5.17. The first-order valence-corrected chi connectivity index (χ1v) is 6.43. The lowest BCUT2D eigenvalue weighted by molar-refractivity contribution is 0.489. The van der Waals surface area contributed by atoms with Crippen molar-refractivity contribution in [3.8, 4) is 0 Å². The molecule has 1 saturated carbocycles. The molecule has 1 heterocycles. The topological polar surface area (TPSA) is 24.9 Å². The summed E-state index contributed by atoms with van der Waals surface area (Å²) in [5.41, 5.74) is 0. The Bertz CT molecular complexity index is 300. The number of nitrogens with zero attached hydrogens (tertiary/aromatic N) is 1. The van der Waals surface area contributed by atoms with Crippen LogP contribution in [0.3, 0.4) is 0 Å². The van der Waals surface area contributed by atoms with E-state index in [1.165, 1.54) is 25.7 Å². The first-order chi connectivity index (χ1) is 6.79. The summed E-state index contributed by atoms with van der Waals surface area (Å²) in [6.07, 6.45) is 5.23. The Labute approximate surface area is 93.7 Å². The molecule has 1 aromatic heterocycles. The monoisotopic (exact) mass is 230 g/mol. The summed E-state index contributed by atoms with van der Waals surface area (Å²) in [7, 11) is 0. The second-order valence-corrected chi connectivity index (χ2v) is 5.07. The van der Waals surface area contributed by atoms with Crippen molar-refractivity contribution in [2.45, 2.75) is 38.6 Å². The number of hydrogen-bond acceptors (Lipinski definition) is 3. The zero-order chi connectivity index (χ0) is 9.97. The van der Waals surface area contributed by atoms with Gasteiger partial charge in [-0.2, -0.15) is 0 Å². The minimum Gasteiger partial charge on any atom is -0.358 e. The third-order valence-electron chi connectivity index (χ3n) is 2.97. The van der Waals surface area contributed by atoms with Crippen molar-refractivity contribution >= 4 is 28.1 Å². The van der Waals surface area contributed by atoms with Crippen LogP contribution < -0.4 is 5.32 Å². The van der Waals surface area contributed by atoms with Gasteiger partial charge in [-0.05, 0) is 18.8 Å². The average Bonchev–Trinajstić information content (AvgIpc) is 2.76. The van der Waals surface area contributed by atoms with Gasteiger partial charge in [0.1, 0.15) is 5.15 Å². The molecule has 0 saturated heterocycles. The van der Waals surface area contributed by atoms with E-state index in [1.807, 2.05) is 5.38 Å². The van der Waals surface area contributed by atoms with Crippen molar-refractivity contribution in [2.24, 2.45) is 5.92 Å². The SMILES string of the molecule is CCC1CCCC1Nc1nc(Cl)cs1. The van der Waals surface area contributed by atoms with Crippen molar-refractivity contribution in [1.29, 1.82) is 0 Å². The third kappa shape index (κ3) is 2.20. The van der Waals surface area contributed by atoms with Crippen molar-refractivity contribution < 1.29 is 0 Å². The van der Waals surface area contributed by atoms with Crippen LogP contribution in [0.5, 0.6) is 0 Å². The minimum atomic E-state index is 0.601. The molecule has 0 bridgehead atoms. The minimum absolute atomic E-state index is 0.601. The lowest BCUT2D eigenvalue weighted by Gasteiger charge is -2.18. The predicted octanol–water partition coefficient (Wildman–Crippen LogP) is 3.79. The van der Waals surface area contributed by atoms with E-state index in [9.17, 15) is 0 Å². The molecule has 2 nitrogen and oxygen atoms in total. The van der Waals surface area contributed by atoms with Gasteiger partial charge in [-0.25, -0.2) is 4.98 Å². The highest BCUT2D eigenvalue weighted by molar-refractivity contribution is 7.14. The Kier molecular flexibility index (Phi) is 3.29. The molecule has 2 rings (SSSR count). The molecule has 1 aliphatic carbocycles. The summed E-state index contributed by atoms with van der Waals surface area (Å²) in [5, 5.41) is 6.93. The number of anilines is 1. The maximum Gasteiger partial charge on any atom is 0.184 e. The lowest BCUT2D eigenvalue weighted by atomic mass is 10.0. The van der Waals surface area contributed by atoms with Gasteiger partial charge in [0.05, 0.1) is 0 Å².